The number of urea groups is 1. The predicted molar refractivity (Wildman–Crippen MR) is 76.0 cm³/mol. The number of hydrogen-bond acceptors (Lipinski definition) is 3. The number of carbonyl (C=O) groups is 1. The lowest BCUT2D eigenvalue weighted by atomic mass is 10.1. The Balaban J connectivity index is 2.49. The summed E-state index contributed by atoms with van der Waals surface area (Å²) in [7, 11) is 1.66. The molecule has 0 saturated heterocycles. The highest BCUT2D eigenvalue weighted by Gasteiger charge is 2.14. The Bertz CT molecular complexity index is 359. The summed E-state index contributed by atoms with van der Waals surface area (Å²) in [5.41, 5.74) is 1.17. The van der Waals surface area contributed by atoms with Crippen LogP contribution in [0.1, 0.15) is 5.56 Å². The number of carbonyl (C=O) groups excluding carboxylic acids is 1. The lowest BCUT2D eigenvalue weighted by Crippen LogP contribution is -2.45. The molecule has 100 valence electrons. The van der Waals surface area contributed by atoms with Gasteiger partial charge >= 0.3 is 6.03 Å². The number of hydrogen-bond donors (Lipinski definition) is 3. The van der Waals surface area contributed by atoms with Gasteiger partial charge in [0, 0.05) is 25.4 Å². The number of aliphatic hydroxyl groups excluding tert-OH is 1. The SMILES string of the molecule is CN(CCO)C(=O)NC(CS)Cc1ccccc1. The zero-order valence-electron chi connectivity index (χ0n) is 10.5. The van der Waals surface area contributed by atoms with Gasteiger partial charge in [0.05, 0.1) is 6.61 Å². The fourth-order valence-electron chi connectivity index (χ4n) is 1.60. The molecule has 2 N–H and O–H groups in total. The molecular formula is C13H20N2O2S. The highest BCUT2D eigenvalue weighted by molar-refractivity contribution is 7.80. The van der Waals surface area contributed by atoms with Crippen molar-refractivity contribution in [2.45, 2.75) is 12.5 Å². The first-order valence-electron chi connectivity index (χ1n) is 5.94. The minimum Gasteiger partial charge on any atom is -0.395 e. The van der Waals surface area contributed by atoms with Gasteiger partial charge in [-0.2, -0.15) is 12.6 Å². The molecule has 0 fully saturated rings. The van der Waals surface area contributed by atoms with Gasteiger partial charge in [0.25, 0.3) is 0 Å². The van der Waals surface area contributed by atoms with E-state index in [2.05, 4.69) is 17.9 Å². The zero-order valence-corrected chi connectivity index (χ0v) is 11.4. The Morgan fingerprint density at radius 3 is 2.67 bits per heavy atom. The summed E-state index contributed by atoms with van der Waals surface area (Å²) < 4.78 is 0. The lowest BCUT2D eigenvalue weighted by molar-refractivity contribution is 0.188. The second-order valence-corrected chi connectivity index (χ2v) is 4.53. The minimum atomic E-state index is -0.181. The number of nitrogens with zero attached hydrogens (tertiary/aromatic N) is 1. The smallest absolute Gasteiger partial charge is 0.317 e. The Labute approximate surface area is 113 Å². The van der Waals surface area contributed by atoms with E-state index in [0.717, 1.165) is 6.42 Å². The maximum Gasteiger partial charge on any atom is 0.317 e. The van der Waals surface area contributed by atoms with Gasteiger partial charge < -0.3 is 15.3 Å². The Morgan fingerprint density at radius 2 is 2.11 bits per heavy atom. The molecule has 1 aromatic carbocycles. The normalized spacial score (nSPS) is 11.9. The summed E-state index contributed by atoms with van der Waals surface area (Å²) in [5, 5.41) is 11.7. The number of likely N-dealkylation sites (N-methyl/N-ethyl adjacent to an activating group) is 1. The Kier molecular flexibility index (Phi) is 6.60. The van der Waals surface area contributed by atoms with Crippen LogP contribution in [0, 0.1) is 0 Å². The molecule has 0 radical (unpaired) electrons. The largest absolute Gasteiger partial charge is 0.395 e. The number of rotatable bonds is 6. The van der Waals surface area contributed by atoms with E-state index in [9.17, 15) is 4.79 Å². The zero-order chi connectivity index (χ0) is 13.4. The number of nitrogens with one attached hydrogen (secondary N) is 1. The first-order chi connectivity index (χ1) is 8.67. The molecule has 18 heavy (non-hydrogen) atoms. The van der Waals surface area contributed by atoms with E-state index in [4.69, 9.17) is 5.11 Å². The van der Waals surface area contributed by atoms with Gasteiger partial charge in [0.2, 0.25) is 0 Å². The Hall–Kier alpha value is -1.20. The highest BCUT2D eigenvalue weighted by atomic mass is 32.1. The fourth-order valence-corrected chi connectivity index (χ4v) is 1.82. The van der Waals surface area contributed by atoms with Crippen LogP contribution in [0.5, 0.6) is 0 Å². The van der Waals surface area contributed by atoms with Crippen LogP contribution in [-0.4, -0.2) is 48.0 Å². The van der Waals surface area contributed by atoms with Crippen molar-refractivity contribution in [2.75, 3.05) is 26.0 Å². The monoisotopic (exact) mass is 268 g/mol. The summed E-state index contributed by atoms with van der Waals surface area (Å²) in [6.45, 7) is 0.296. The summed E-state index contributed by atoms with van der Waals surface area (Å²) in [5.74, 6) is 0.577. The van der Waals surface area contributed by atoms with Crippen molar-refractivity contribution >= 4 is 18.7 Å². The van der Waals surface area contributed by atoms with Gasteiger partial charge in [-0.25, -0.2) is 4.79 Å². The third-order valence-corrected chi connectivity index (χ3v) is 3.10. The third kappa shape index (κ3) is 4.98. The number of aliphatic hydroxyl groups is 1. The highest BCUT2D eigenvalue weighted by Crippen LogP contribution is 2.04. The summed E-state index contributed by atoms with van der Waals surface area (Å²) in [6, 6.07) is 9.78. The predicted octanol–water partition coefficient (Wildman–Crippen LogP) is 1.16. The van der Waals surface area contributed by atoms with Crippen LogP contribution in [0.25, 0.3) is 0 Å². The first kappa shape index (κ1) is 14.9. The molecule has 0 saturated carbocycles. The van der Waals surface area contributed by atoms with Crippen molar-refractivity contribution in [1.82, 2.24) is 10.2 Å². The molecule has 1 aromatic rings. The molecule has 1 unspecified atom stereocenters. The molecule has 0 aliphatic carbocycles. The number of thiol groups is 1. The van der Waals surface area contributed by atoms with Crippen molar-refractivity contribution in [3.8, 4) is 0 Å². The second kappa shape index (κ2) is 8.00. The van der Waals surface area contributed by atoms with Crippen LogP contribution < -0.4 is 5.32 Å². The molecule has 0 spiro atoms. The molecule has 0 heterocycles. The van der Waals surface area contributed by atoms with E-state index in [1.165, 1.54) is 10.5 Å². The van der Waals surface area contributed by atoms with Crippen molar-refractivity contribution in [3.05, 3.63) is 35.9 Å². The van der Waals surface area contributed by atoms with E-state index in [1.54, 1.807) is 7.05 Å². The molecule has 1 atom stereocenters. The average Bonchev–Trinajstić information content (AvgIpc) is 2.39. The molecule has 1 rings (SSSR count). The van der Waals surface area contributed by atoms with Gasteiger partial charge in [-0.15, -0.1) is 0 Å². The molecule has 0 aromatic heterocycles. The van der Waals surface area contributed by atoms with E-state index >= 15 is 0 Å². The summed E-state index contributed by atoms with van der Waals surface area (Å²) in [4.78, 5) is 13.2. The Morgan fingerprint density at radius 1 is 1.44 bits per heavy atom. The van der Waals surface area contributed by atoms with Gasteiger partial charge in [-0.3, -0.25) is 0 Å². The van der Waals surface area contributed by atoms with Crippen molar-refractivity contribution < 1.29 is 9.90 Å². The second-order valence-electron chi connectivity index (χ2n) is 4.16. The average molecular weight is 268 g/mol. The van der Waals surface area contributed by atoms with Crippen LogP contribution in [0.2, 0.25) is 0 Å². The van der Waals surface area contributed by atoms with Crippen LogP contribution in [0.4, 0.5) is 4.79 Å². The first-order valence-corrected chi connectivity index (χ1v) is 6.58. The number of amides is 2. The van der Waals surface area contributed by atoms with E-state index in [0.29, 0.717) is 12.3 Å². The van der Waals surface area contributed by atoms with Gasteiger partial charge in [-0.05, 0) is 12.0 Å². The molecule has 4 nitrogen and oxygen atoms in total. The molecule has 0 bridgehead atoms. The molecule has 5 heteroatoms. The van der Waals surface area contributed by atoms with Crippen molar-refractivity contribution in [1.29, 1.82) is 0 Å². The van der Waals surface area contributed by atoms with Gasteiger partial charge in [0.15, 0.2) is 0 Å². The van der Waals surface area contributed by atoms with Crippen LogP contribution in [-0.2, 0) is 6.42 Å². The molecular weight excluding hydrogens is 248 g/mol. The quantitative estimate of drug-likeness (QED) is 0.678. The fraction of sp³-hybridized carbons (Fsp3) is 0.462. The lowest BCUT2D eigenvalue weighted by Gasteiger charge is -2.22. The van der Waals surface area contributed by atoms with Crippen molar-refractivity contribution in [2.24, 2.45) is 0 Å². The molecule has 0 aliphatic heterocycles. The topological polar surface area (TPSA) is 52.6 Å². The molecule has 2 amide bonds. The minimum absolute atomic E-state index is 0.00984. The summed E-state index contributed by atoms with van der Waals surface area (Å²) >= 11 is 4.26. The third-order valence-electron chi connectivity index (χ3n) is 2.66. The maximum absolute atomic E-state index is 11.8. The van der Waals surface area contributed by atoms with Crippen LogP contribution in [0.3, 0.4) is 0 Å². The standard InChI is InChI=1S/C13H20N2O2S/c1-15(7-8-16)13(17)14-12(10-18)9-11-5-3-2-4-6-11/h2-6,12,16,18H,7-10H2,1H3,(H,14,17). The van der Waals surface area contributed by atoms with Gasteiger partial charge in [0.1, 0.15) is 0 Å². The van der Waals surface area contributed by atoms with Crippen LogP contribution in [0.15, 0.2) is 30.3 Å². The maximum atomic E-state index is 11.8. The number of benzene rings is 1. The van der Waals surface area contributed by atoms with E-state index in [-0.39, 0.29) is 18.7 Å². The van der Waals surface area contributed by atoms with Gasteiger partial charge in [-0.1, -0.05) is 30.3 Å². The van der Waals surface area contributed by atoms with Crippen molar-refractivity contribution in [3.63, 3.8) is 0 Å². The van der Waals surface area contributed by atoms with E-state index in [1.807, 2.05) is 30.3 Å². The molecule has 0 aliphatic rings. The van der Waals surface area contributed by atoms with E-state index < -0.39 is 0 Å². The van der Waals surface area contributed by atoms with Crippen LogP contribution >= 0.6 is 12.6 Å². The summed E-state index contributed by atoms with van der Waals surface area (Å²) in [6.07, 6.45) is 0.753.